The van der Waals surface area contributed by atoms with Crippen LogP contribution in [0, 0.1) is 5.92 Å². The van der Waals surface area contributed by atoms with Crippen LogP contribution >= 0.6 is 11.3 Å². The second-order valence-corrected chi connectivity index (χ2v) is 9.85. The standard InChI is InChI=1S/C24H29NO3S/c1-15-6-12-18-19(14-15)29-22(21(18)23(27)28-5)25-20(26)13-9-16-7-10-17(11-8-16)24(2,3)4/h7-11,13,15H,6,12,14H2,1-5H3,(H,25,26)/b13-9+. The Balaban J connectivity index is 1.77. The van der Waals surface area contributed by atoms with Crippen LogP contribution in [0.4, 0.5) is 5.00 Å². The lowest BCUT2D eigenvalue weighted by Crippen LogP contribution is -2.14. The van der Waals surface area contributed by atoms with Crippen LogP contribution in [0.3, 0.4) is 0 Å². The van der Waals surface area contributed by atoms with Crippen molar-refractivity contribution < 1.29 is 14.3 Å². The molecule has 1 aliphatic rings. The number of anilines is 1. The zero-order valence-electron chi connectivity index (χ0n) is 17.8. The Morgan fingerprint density at radius 2 is 1.90 bits per heavy atom. The van der Waals surface area contributed by atoms with Gasteiger partial charge < -0.3 is 10.1 Å². The molecule has 0 fully saturated rings. The summed E-state index contributed by atoms with van der Waals surface area (Å²) in [6.45, 7) is 8.73. The fourth-order valence-corrected chi connectivity index (χ4v) is 4.98. The first-order chi connectivity index (χ1) is 13.7. The van der Waals surface area contributed by atoms with E-state index in [9.17, 15) is 9.59 Å². The largest absolute Gasteiger partial charge is 0.465 e. The lowest BCUT2D eigenvalue weighted by molar-refractivity contribution is -0.111. The van der Waals surface area contributed by atoms with Gasteiger partial charge in [0.1, 0.15) is 5.00 Å². The van der Waals surface area contributed by atoms with Gasteiger partial charge in [-0.3, -0.25) is 4.79 Å². The summed E-state index contributed by atoms with van der Waals surface area (Å²) in [6, 6.07) is 8.19. The number of hydrogen-bond donors (Lipinski definition) is 1. The third-order valence-electron chi connectivity index (χ3n) is 5.34. The van der Waals surface area contributed by atoms with E-state index in [1.165, 1.54) is 35.0 Å². The van der Waals surface area contributed by atoms with Gasteiger partial charge in [0.2, 0.25) is 5.91 Å². The number of fused-ring (bicyclic) bond motifs is 1. The number of esters is 1. The van der Waals surface area contributed by atoms with E-state index in [2.05, 4.69) is 45.1 Å². The Hall–Kier alpha value is -2.40. The van der Waals surface area contributed by atoms with Crippen LogP contribution < -0.4 is 5.32 Å². The van der Waals surface area contributed by atoms with Gasteiger partial charge in [0.25, 0.3) is 0 Å². The summed E-state index contributed by atoms with van der Waals surface area (Å²) < 4.78 is 4.98. The Morgan fingerprint density at radius 1 is 1.21 bits per heavy atom. The predicted molar refractivity (Wildman–Crippen MR) is 120 cm³/mol. The van der Waals surface area contributed by atoms with Crippen molar-refractivity contribution in [1.29, 1.82) is 0 Å². The minimum absolute atomic E-state index is 0.0969. The number of benzene rings is 1. The maximum atomic E-state index is 12.5. The molecule has 1 aromatic heterocycles. The van der Waals surface area contributed by atoms with E-state index in [-0.39, 0.29) is 17.3 Å². The molecule has 1 aliphatic carbocycles. The summed E-state index contributed by atoms with van der Waals surface area (Å²) in [6.07, 6.45) is 6.13. The average molecular weight is 412 g/mol. The van der Waals surface area contributed by atoms with E-state index < -0.39 is 0 Å². The summed E-state index contributed by atoms with van der Waals surface area (Å²) in [5.74, 6) is -0.0398. The van der Waals surface area contributed by atoms with E-state index in [4.69, 9.17) is 4.74 Å². The molecule has 0 saturated heterocycles. The van der Waals surface area contributed by atoms with E-state index in [1.807, 2.05) is 12.1 Å². The fourth-order valence-electron chi connectivity index (χ4n) is 3.58. The van der Waals surface area contributed by atoms with E-state index >= 15 is 0 Å². The number of carbonyl (C=O) groups is 2. The summed E-state index contributed by atoms with van der Waals surface area (Å²) in [5.41, 5.74) is 3.87. The maximum Gasteiger partial charge on any atom is 0.341 e. The van der Waals surface area contributed by atoms with Gasteiger partial charge in [-0.2, -0.15) is 0 Å². The topological polar surface area (TPSA) is 55.4 Å². The van der Waals surface area contributed by atoms with Crippen molar-refractivity contribution >= 4 is 34.3 Å². The van der Waals surface area contributed by atoms with Gasteiger partial charge in [-0.1, -0.05) is 52.0 Å². The van der Waals surface area contributed by atoms with Gasteiger partial charge in [-0.25, -0.2) is 4.79 Å². The quantitative estimate of drug-likeness (QED) is 0.526. The highest BCUT2D eigenvalue weighted by atomic mass is 32.1. The number of ether oxygens (including phenoxy) is 1. The van der Waals surface area contributed by atoms with Gasteiger partial charge in [-0.05, 0) is 53.4 Å². The molecule has 5 heteroatoms. The number of nitrogens with one attached hydrogen (secondary N) is 1. The molecule has 0 radical (unpaired) electrons. The Kier molecular flexibility index (Phi) is 6.27. The normalized spacial score (nSPS) is 16.5. The van der Waals surface area contributed by atoms with Crippen molar-refractivity contribution in [2.45, 2.75) is 52.4 Å². The lowest BCUT2D eigenvalue weighted by Gasteiger charge is -2.18. The molecular formula is C24H29NO3S. The Labute approximate surface area is 177 Å². The molecule has 1 N–H and O–H groups in total. The molecule has 1 atom stereocenters. The highest BCUT2D eigenvalue weighted by Crippen LogP contribution is 2.40. The average Bonchev–Trinajstić information content (AvgIpc) is 3.02. The number of thiophene rings is 1. The second kappa shape index (κ2) is 8.54. The first kappa shape index (κ1) is 21.3. The molecule has 0 spiro atoms. The van der Waals surface area contributed by atoms with Crippen LogP contribution in [0.5, 0.6) is 0 Å². The fraction of sp³-hybridized carbons (Fsp3) is 0.417. The molecule has 1 aromatic carbocycles. The predicted octanol–water partition coefficient (Wildman–Crippen LogP) is 5.61. The van der Waals surface area contributed by atoms with Crippen molar-refractivity contribution in [2.24, 2.45) is 5.92 Å². The summed E-state index contributed by atoms with van der Waals surface area (Å²) in [5, 5.41) is 3.49. The van der Waals surface area contributed by atoms with Crippen LogP contribution in [-0.2, 0) is 27.8 Å². The van der Waals surface area contributed by atoms with E-state index in [0.717, 1.165) is 30.4 Å². The lowest BCUT2D eigenvalue weighted by atomic mass is 9.87. The van der Waals surface area contributed by atoms with Crippen LogP contribution in [0.2, 0.25) is 0 Å². The van der Waals surface area contributed by atoms with Crippen LogP contribution in [0.1, 0.15) is 66.0 Å². The highest BCUT2D eigenvalue weighted by Gasteiger charge is 2.28. The van der Waals surface area contributed by atoms with Crippen LogP contribution in [-0.4, -0.2) is 19.0 Å². The highest BCUT2D eigenvalue weighted by molar-refractivity contribution is 7.17. The monoisotopic (exact) mass is 411 g/mol. The number of rotatable bonds is 4. The van der Waals surface area contributed by atoms with Crippen molar-refractivity contribution in [3.05, 3.63) is 57.5 Å². The first-order valence-corrected chi connectivity index (χ1v) is 10.8. The minimum atomic E-state index is -0.380. The molecule has 154 valence electrons. The third-order valence-corrected chi connectivity index (χ3v) is 6.51. The smallest absolute Gasteiger partial charge is 0.341 e. The molecule has 2 aromatic rings. The second-order valence-electron chi connectivity index (χ2n) is 8.74. The minimum Gasteiger partial charge on any atom is -0.465 e. The molecule has 1 heterocycles. The van der Waals surface area contributed by atoms with Crippen molar-refractivity contribution in [3.8, 4) is 0 Å². The van der Waals surface area contributed by atoms with E-state index in [1.54, 1.807) is 6.08 Å². The number of amides is 1. The summed E-state index contributed by atoms with van der Waals surface area (Å²) in [7, 11) is 1.38. The molecular weight excluding hydrogens is 382 g/mol. The van der Waals surface area contributed by atoms with E-state index in [0.29, 0.717) is 16.5 Å². The molecule has 1 amide bonds. The molecule has 4 nitrogen and oxygen atoms in total. The molecule has 3 rings (SSSR count). The van der Waals surface area contributed by atoms with Crippen molar-refractivity contribution in [3.63, 3.8) is 0 Å². The van der Waals surface area contributed by atoms with Gasteiger partial charge in [-0.15, -0.1) is 11.3 Å². The Morgan fingerprint density at radius 3 is 2.52 bits per heavy atom. The molecule has 0 saturated carbocycles. The van der Waals surface area contributed by atoms with Crippen molar-refractivity contribution in [2.75, 3.05) is 12.4 Å². The van der Waals surface area contributed by atoms with Gasteiger partial charge in [0, 0.05) is 11.0 Å². The van der Waals surface area contributed by atoms with Crippen LogP contribution in [0.15, 0.2) is 30.3 Å². The summed E-state index contributed by atoms with van der Waals surface area (Å²) in [4.78, 5) is 26.0. The molecule has 0 aliphatic heterocycles. The van der Waals surface area contributed by atoms with Crippen LogP contribution in [0.25, 0.3) is 6.08 Å². The maximum absolute atomic E-state index is 12.5. The molecule has 0 bridgehead atoms. The molecule has 1 unspecified atom stereocenters. The third kappa shape index (κ3) is 4.96. The number of carbonyl (C=O) groups excluding carboxylic acids is 2. The van der Waals surface area contributed by atoms with Gasteiger partial charge in [0.05, 0.1) is 12.7 Å². The SMILES string of the molecule is COC(=O)c1c(NC(=O)/C=C/c2ccc(C(C)(C)C)cc2)sc2c1CCC(C)C2. The van der Waals surface area contributed by atoms with Gasteiger partial charge >= 0.3 is 5.97 Å². The zero-order chi connectivity index (χ0) is 21.2. The molecule has 29 heavy (non-hydrogen) atoms. The zero-order valence-corrected chi connectivity index (χ0v) is 18.6. The first-order valence-electron chi connectivity index (χ1n) is 10.0. The number of hydrogen-bond acceptors (Lipinski definition) is 4. The van der Waals surface area contributed by atoms with Crippen molar-refractivity contribution in [1.82, 2.24) is 0 Å². The van der Waals surface area contributed by atoms with Gasteiger partial charge in [0.15, 0.2) is 0 Å². The Bertz CT molecular complexity index is 932. The number of methoxy groups -OCH3 is 1. The summed E-state index contributed by atoms with van der Waals surface area (Å²) >= 11 is 1.50.